The zero-order chi connectivity index (χ0) is 24.0. The van der Waals surface area contributed by atoms with Crippen molar-refractivity contribution in [3.05, 3.63) is 35.9 Å². The number of benzene rings is 1. The van der Waals surface area contributed by atoms with Gasteiger partial charge in [-0.1, -0.05) is 62.4 Å². The summed E-state index contributed by atoms with van der Waals surface area (Å²) in [6.45, 7) is 3.18. The number of nitrogens with zero attached hydrogens (tertiary/aromatic N) is 3. The van der Waals surface area contributed by atoms with Crippen molar-refractivity contribution in [2.24, 2.45) is 11.8 Å². The van der Waals surface area contributed by atoms with Crippen LogP contribution >= 0.6 is 0 Å². The molecule has 2 amide bonds. The fraction of sp³-hybridized carbons (Fsp3) is 0.692. The largest absolute Gasteiger partial charge is 0.339 e. The maximum absolute atomic E-state index is 13.1. The van der Waals surface area contributed by atoms with Gasteiger partial charge in [-0.05, 0) is 30.7 Å². The molecule has 34 heavy (non-hydrogen) atoms. The molecule has 7 nitrogen and oxygen atoms in total. The molecule has 4 rings (SSSR count). The Labute approximate surface area is 204 Å². The van der Waals surface area contributed by atoms with Crippen LogP contribution in [0.3, 0.4) is 0 Å². The SMILES string of the molecule is O=C(CCC1CCCCC1)N1CCN(C(=O)C2CCN(S(=O)(=O)Cc3ccccc3)CC2)CC1. The maximum Gasteiger partial charge on any atom is 0.225 e. The number of piperidine rings is 1. The van der Waals surface area contributed by atoms with E-state index in [0.717, 1.165) is 12.0 Å². The summed E-state index contributed by atoms with van der Waals surface area (Å²) in [6.07, 6.45) is 9.24. The first kappa shape index (κ1) is 25.2. The highest BCUT2D eigenvalue weighted by Gasteiger charge is 2.34. The predicted octanol–water partition coefficient (Wildman–Crippen LogP) is 3.26. The molecular formula is C26H39N3O4S. The van der Waals surface area contributed by atoms with Crippen molar-refractivity contribution in [1.29, 1.82) is 0 Å². The van der Waals surface area contributed by atoms with E-state index in [4.69, 9.17) is 0 Å². The van der Waals surface area contributed by atoms with Crippen LogP contribution in [0.4, 0.5) is 0 Å². The van der Waals surface area contributed by atoms with Gasteiger partial charge < -0.3 is 9.80 Å². The summed E-state index contributed by atoms with van der Waals surface area (Å²) < 4.78 is 27.1. The molecule has 8 heteroatoms. The molecule has 0 atom stereocenters. The van der Waals surface area contributed by atoms with Gasteiger partial charge in [0.25, 0.3) is 0 Å². The molecule has 188 valence electrons. The molecule has 3 aliphatic rings. The van der Waals surface area contributed by atoms with Crippen LogP contribution in [0.5, 0.6) is 0 Å². The Morgan fingerprint density at radius 1 is 0.794 bits per heavy atom. The zero-order valence-electron chi connectivity index (χ0n) is 20.2. The fourth-order valence-electron chi connectivity index (χ4n) is 5.65. The van der Waals surface area contributed by atoms with Crippen LogP contribution in [0.2, 0.25) is 0 Å². The van der Waals surface area contributed by atoms with Crippen LogP contribution in [0.1, 0.15) is 63.4 Å². The molecule has 1 saturated carbocycles. The molecule has 2 heterocycles. The van der Waals surface area contributed by atoms with Gasteiger partial charge in [0.1, 0.15) is 0 Å². The smallest absolute Gasteiger partial charge is 0.225 e. The zero-order valence-corrected chi connectivity index (χ0v) is 21.1. The molecule has 0 aromatic heterocycles. The molecule has 1 aromatic carbocycles. The second-order valence-electron chi connectivity index (χ2n) is 10.2. The van der Waals surface area contributed by atoms with Crippen LogP contribution in [0.15, 0.2) is 30.3 Å². The van der Waals surface area contributed by atoms with Gasteiger partial charge in [-0.15, -0.1) is 0 Å². The lowest BCUT2D eigenvalue weighted by atomic mass is 9.86. The van der Waals surface area contributed by atoms with E-state index in [9.17, 15) is 18.0 Å². The Balaban J connectivity index is 1.18. The lowest BCUT2D eigenvalue weighted by Gasteiger charge is -2.38. The Hall–Kier alpha value is -1.93. The molecular weight excluding hydrogens is 450 g/mol. The number of carbonyl (C=O) groups excluding carboxylic acids is 2. The van der Waals surface area contributed by atoms with Crippen LogP contribution in [0.25, 0.3) is 0 Å². The van der Waals surface area contributed by atoms with Crippen molar-refractivity contribution in [1.82, 2.24) is 14.1 Å². The van der Waals surface area contributed by atoms with Crippen LogP contribution in [0, 0.1) is 11.8 Å². The Kier molecular flexibility index (Phi) is 8.64. The summed E-state index contributed by atoms with van der Waals surface area (Å²) in [7, 11) is -3.38. The summed E-state index contributed by atoms with van der Waals surface area (Å²) in [5.41, 5.74) is 0.784. The van der Waals surface area contributed by atoms with Gasteiger partial charge in [0.2, 0.25) is 21.8 Å². The summed E-state index contributed by atoms with van der Waals surface area (Å²) in [5, 5.41) is 0. The molecule has 0 N–H and O–H groups in total. The van der Waals surface area contributed by atoms with Crippen LogP contribution < -0.4 is 0 Å². The van der Waals surface area contributed by atoms with E-state index in [1.807, 2.05) is 40.1 Å². The van der Waals surface area contributed by atoms with E-state index in [1.165, 1.54) is 36.4 Å². The average Bonchev–Trinajstić information content (AvgIpc) is 2.88. The Bertz CT molecular complexity index is 915. The fourth-order valence-corrected chi connectivity index (χ4v) is 7.22. The molecule has 0 radical (unpaired) electrons. The van der Waals surface area contributed by atoms with Crippen LogP contribution in [-0.4, -0.2) is 73.6 Å². The van der Waals surface area contributed by atoms with E-state index in [1.54, 1.807) is 0 Å². The topological polar surface area (TPSA) is 78.0 Å². The molecule has 1 aromatic rings. The summed E-state index contributed by atoms with van der Waals surface area (Å²) in [6, 6.07) is 9.22. The van der Waals surface area contributed by atoms with E-state index in [-0.39, 0.29) is 23.5 Å². The number of sulfonamides is 1. The van der Waals surface area contributed by atoms with E-state index in [0.29, 0.717) is 64.4 Å². The number of hydrogen-bond donors (Lipinski definition) is 0. The van der Waals surface area contributed by atoms with Crippen molar-refractivity contribution >= 4 is 21.8 Å². The minimum atomic E-state index is -3.38. The molecule has 0 spiro atoms. The van der Waals surface area contributed by atoms with Gasteiger partial charge in [0.15, 0.2) is 0 Å². The first-order valence-corrected chi connectivity index (χ1v) is 14.6. The van der Waals surface area contributed by atoms with E-state index in [2.05, 4.69) is 0 Å². The quantitative estimate of drug-likeness (QED) is 0.589. The minimum absolute atomic E-state index is 0.00316. The first-order chi connectivity index (χ1) is 16.4. The molecule has 2 aliphatic heterocycles. The van der Waals surface area contributed by atoms with Gasteiger partial charge in [0, 0.05) is 51.6 Å². The summed E-state index contributed by atoms with van der Waals surface area (Å²) in [5.74, 6) is 0.937. The number of rotatable bonds is 7. The molecule has 1 aliphatic carbocycles. The van der Waals surface area contributed by atoms with Gasteiger partial charge in [-0.3, -0.25) is 9.59 Å². The number of hydrogen-bond acceptors (Lipinski definition) is 4. The lowest BCUT2D eigenvalue weighted by Crippen LogP contribution is -2.53. The molecule has 3 fully saturated rings. The van der Waals surface area contributed by atoms with E-state index >= 15 is 0 Å². The first-order valence-electron chi connectivity index (χ1n) is 13.0. The highest BCUT2D eigenvalue weighted by atomic mass is 32.2. The molecule has 2 saturated heterocycles. The standard InChI is InChI=1S/C26H39N3O4S/c30-25(12-11-22-7-3-1-4-8-22)27-17-19-28(20-18-27)26(31)24-13-15-29(16-14-24)34(32,33)21-23-9-5-2-6-10-23/h2,5-6,9-10,22,24H,1,3-4,7-8,11-21H2. The van der Waals surface area contributed by atoms with Crippen molar-refractivity contribution in [3.63, 3.8) is 0 Å². The maximum atomic E-state index is 13.1. The lowest BCUT2D eigenvalue weighted by molar-refractivity contribution is -0.143. The van der Waals surface area contributed by atoms with Gasteiger partial charge >= 0.3 is 0 Å². The number of carbonyl (C=O) groups is 2. The van der Waals surface area contributed by atoms with Gasteiger partial charge in [0.05, 0.1) is 5.75 Å². The third-order valence-electron chi connectivity index (χ3n) is 7.82. The molecule has 0 bridgehead atoms. The van der Waals surface area contributed by atoms with Crippen molar-refractivity contribution in [2.45, 2.75) is 63.5 Å². The highest BCUT2D eigenvalue weighted by molar-refractivity contribution is 7.88. The highest BCUT2D eigenvalue weighted by Crippen LogP contribution is 2.28. The van der Waals surface area contributed by atoms with E-state index < -0.39 is 10.0 Å². The third-order valence-corrected chi connectivity index (χ3v) is 9.67. The number of piperazine rings is 1. The second kappa shape index (κ2) is 11.7. The Morgan fingerprint density at radius 2 is 1.41 bits per heavy atom. The summed E-state index contributed by atoms with van der Waals surface area (Å²) in [4.78, 5) is 29.5. The van der Waals surface area contributed by atoms with Gasteiger partial charge in [-0.2, -0.15) is 0 Å². The second-order valence-corrected chi connectivity index (χ2v) is 12.1. The van der Waals surface area contributed by atoms with Crippen LogP contribution in [-0.2, 0) is 25.4 Å². The number of amides is 2. The van der Waals surface area contributed by atoms with Crippen molar-refractivity contribution < 1.29 is 18.0 Å². The van der Waals surface area contributed by atoms with Crippen molar-refractivity contribution in [2.75, 3.05) is 39.3 Å². The third kappa shape index (κ3) is 6.60. The monoisotopic (exact) mass is 489 g/mol. The van der Waals surface area contributed by atoms with Crippen molar-refractivity contribution in [3.8, 4) is 0 Å². The average molecular weight is 490 g/mol. The minimum Gasteiger partial charge on any atom is -0.339 e. The Morgan fingerprint density at radius 3 is 2.06 bits per heavy atom. The molecule has 0 unspecified atom stereocenters. The summed E-state index contributed by atoms with van der Waals surface area (Å²) >= 11 is 0. The van der Waals surface area contributed by atoms with Gasteiger partial charge in [-0.25, -0.2) is 12.7 Å². The normalized spacial score (nSPS) is 21.5. The predicted molar refractivity (Wildman–Crippen MR) is 132 cm³/mol.